The van der Waals surface area contributed by atoms with Gasteiger partial charge in [0.15, 0.2) is 11.6 Å². The second-order valence-corrected chi connectivity index (χ2v) is 3.53. The number of aryl methyl sites for hydroxylation is 2. The van der Waals surface area contributed by atoms with Gasteiger partial charge in [-0.05, 0) is 19.1 Å². The van der Waals surface area contributed by atoms with Crippen LogP contribution in [0.5, 0.6) is 5.75 Å². The van der Waals surface area contributed by atoms with Gasteiger partial charge >= 0.3 is 0 Å². The summed E-state index contributed by atoms with van der Waals surface area (Å²) in [6.07, 6.45) is 0. The molecule has 0 atom stereocenters. The summed E-state index contributed by atoms with van der Waals surface area (Å²) in [5, 5.41) is 4.30. The molecular formula is C11H15ClN4O. The molecule has 2 aromatic rings. The first-order valence-corrected chi connectivity index (χ1v) is 4.94. The topological polar surface area (TPSA) is 66.0 Å². The molecule has 0 unspecified atom stereocenters. The molecule has 2 N–H and O–H groups in total. The van der Waals surface area contributed by atoms with Crippen LogP contribution in [0.25, 0.3) is 11.4 Å². The van der Waals surface area contributed by atoms with E-state index in [-0.39, 0.29) is 12.4 Å². The van der Waals surface area contributed by atoms with Crippen LogP contribution in [-0.4, -0.2) is 21.9 Å². The summed E-state index contributed by atoms with van der Waals surface area (Å²) in [7, 11) is 3.44. The third-order valence-electron chi connectivity index (χ3n) is 2.47. The number of rotatable bonds is 2. The molecule has 0 spiro atoms. The zero-order valence-electron chi connectivity index (χ0n) is 9.97. The summed E-state index contributed by atoms with van der Waals surface area (Å²) in [5.41, 5.74) is 7.23. The number of hydrogen-bond donors (Lipinski definition) is 1. The van der Waals surface area contributed by atoms with E-state index in [4.69, 9.17) is 10.5 Å². The first kappa shape index (κ1) is 13.3. The molecule has 1 heterocycles. The molecule has 0 saturated carbocycles. The van der Waals surface area contributed by atoms with Crippen molar-refractivity contribution in [3.05, 3.63) is 24.0 Å². The molecule has 5 nitrogen and oxygen atoms in total. The van der Waals surface area contributed by atoms with Gasteiger partial charge in [0.2, 0.25) is 0 Å². The zero-order valence-corrected chi connectivity index (χ0v) is 10.8. The maximum atomic E-state index is 5.83. The number of hydrogen-bond acceptors (Lipinski definition) is 4. The van der Waals surface area contributed by atoms with Crippen LogP contribution in [0.3, 0.4) is 0 Å². The Morgan fingerprint density at radius 2 is 2.06 bits per heavy atom. The minimum Gasteiger partial charge on any atom is -0.494 e. The number of nitrogen functional groups attached to an aromatic ring is 1. The number of para-hydroxylation sites is 1. The van der Waals surface area contributed by atoms with Crippen LogP contribution in [0.1, 0.15) is 5.82 Å². The fraction of sp³-hybridized carbons (Fsp3) is 0.273. The average Bonchev–Trinajstić information content (AvgIpc) is 2.59. The highest BCUT2D eigenvalue weighted by molar-refractivity contribution is 5.85. The molecule has 0 aliphatic rings. The highest BCUT2D eigenvalue weighted by Crippen LogP contribution is 2.32. The van der Waals surface area contributed by atoms with Gasteiger partial charge in [0, 0.05) is 7.05 Å². The van der Waals surface area contributed by atoms with E-state index >= 15 is 0 Å². The van der Waals surface area contributed by atoms with Crippen LogP contribution in [0.2, 0.25) is 0 Å². The average molecular weight is 255 g/mol. The summed E-state index contributed by atoms with van der Waals surface area (Å²) in [6, 6.07) is 5.54. The van der Waals surface area contributed by atoms with Crippen molar-refractivity contribution in [3.8, 4) is 17.1 Å². The standard InChI is InChI=1S/C11H14N4O.ClH/c1-7-13-11(14-15(7)2)8-5-4-6-9(12)10(8)16-3;/h4-6H,12H2,1-3H3;1H. The van der Waals surface area contributed by atoms with Crippen LogP contribution >= 0.6 is 12.4 Å². The maximum absolute atomic E-state index is 5.83. The number of ether oxygens (including phenoxy) is 1. The molecular weight excluding hydrogens is 240 g/mol. The minimum atomic E-state index is 0. The summed E-state index contributed by atoms with van der Waals surface area (Å²) in [5.74, 6) is 2.09. The van der Waals surface area contributed by atoms with Gasteiger partial charge in [-0.25, -0.2) is 4.98 Å². The number of anilines is 1. The van der Waals surface area contributed by atoms with Gasteiger partial charge < -0.3 is 10.5 Å². The zero-order chi connectivity index (χ0) is 11.7. The van der Waals surface area contributed by atoms with Gasteiger partial charge in [0.05, 0.1) is 18.4 Å². The Hall–Kier alpha value is -1.75. The van der Waals surface area contributed by atoms with Gasteiger partial charge in [-0.15, -0.1) is 12.4 Å². The molecule has 0 amide bonds. The molecule has 6 heteroatoms. The molecule has 92 valence electrons. The lowest BCUT2D eigenvalue weighted by atomic mass is 10.1. The Balaban J connectivity index is 0.00000144. The largest absolute Gasteiger partial charge is 0.494 e. The van der Waals surface area contributed by atoms with Crippen LogP contribution in [0, 0.1) is 6.92 Å². The van der Waals surface area contributed by atoms with Gasteiger partial charge in [-0.2, -0.15) is 5.10 Å². The molecule has 0 saturated heterocycles. The van der Waals surface area contributed by atoms with Crippen molar-refractivity contribution in [2.45, 2.75) is 6.92 Å². The van der Waals surface area contributed by atoms with Gasteiger partial charge in [0.1, 0.15) is 5.82 Å². The second-order valence-electron chi connectivity index (χ2n) is 3.53. The van der Waals surface area contributed by atoms with E-state index in [2.05, 4.69) is 10.1 Å². The Kier molecular flexibility index (Phi) is 3.96. The van der Waals surface area contributed by atoms with E-state index < -0.39 is 0 Å². The summed E-state index contributed by atoms with van der Waals surface area (Å²) >= 11 is 0. The lowest BCUT2D eigenvalue weighted by Crippen LogP contribution is -1.96. The van der Waals surface area contributed by atoms with E-state index in [0.29, 0.717) is 17.3 Å². The maximum Gasteiger partial charge on any atom is 0.185 e. The van der Waals surface area contributed by atoms with Gasteiger partial charge in [-0.1, -0.05) is 6.07 Å². The van der Waals surface area contributed by atoms with E-state index in [9.17, 15) is 0 Å². The van der Waals surface area contributed by atoms with Crippen LogP contribution < -0.4 is 10.5 Å². The Labute approximate surface area is 106 Å². The van der Waals surface area contributed by atoms with Gasteiger partial charge in [0.25, 0.3) is 0 Å². The lowest BCUT2D eigenvalue weighted by molar-refractivity contribution is 0.418. The molecule has 1 aromatic heterocycles. The molecule has 1 aromatic carbocycles. The first-order valence-electron chi connectivity index (χ1n) is 4.94. The Morgan fingerprint density at radius 3 is 2.59 bits per heavy atom. The smallest absolute Gasteiger partial charge is 0.185 e. The summed E-state index contributed by atoms with van der Waals surface area (Å²) in [4.78, 5) is 4.35. The number of aromatic nitrogens is 3. The number of halogens is 1. The Morgan fingerprint density at radius 1 is 1.35 bits per heavy atom. The fourth-order valence-electron chi connectivity index (χ4n) is 1.54. The quantitative estimate of drug-likeness (QED) is 0.830. The van der Waals surface area contributed by atoms with Crippen molar-refractivity contribution in [2.75, 3.05) is 12.8 Å². The van der Waals surface area contributed by atoms with E-state index in [0.717, 1.165) is 11.4 Å². The molecule has 0 aliphatic heterocycles. The third kappa shape index (κ3) is 2.34. The minimum absolute atomic E-state index is 0. The van der Waals surface area contributed by atoms with Crippen LogP contribution in [0.15, 0.2) is 18.2 Å². The number of methoxy groups -OCH3 is 1. The molecule has 0 fully saturated rings. The second kappa shape index (κ2) is 5.05. The molecule has 0 radical (unpaired) electrons. The van der Waals surface area contributed by atoms with Gasteiger partial charge in [-0.3, -0.25) is 4.68 Å². The van der Waals surface area contributed by atoms with Crippen molar-refractivity contribution in [1.29, 1.82) is 0 Å². The van der Waals surface area contributed by atoms with Crippen molar-refractivity contribution < 1.29 is 4.74 Å². The predicted octanol–water partition coefficient (Wildman–Crippen LogP) is 1.80. The summed E-state index contributed by atoms with van der Waals surface area (Å²) in [6.45, 7) is 1.90. The van der Waals surface area contributed by atoms with E-state index in [1.54, 1.807) is 17.9 Å². The predicted molar refractivity (Wildman–Crippen MR) is 69.4 cm³/mol. The van der Waals surface area contributed by atoms with Crippen molar-refractivity contribution in [3.63, 3.8) is 0 Å². The number of nitrogens with two attached hydrogens (primary N) is 1. The van der Waals surface area contributed by atoms with E-state index in [1.807, 2.05) is 26.1 Å². The third-order valence-corrected chi connectivity index (χ3v) is 2.47. The summed E-state index contributed by atoms with van der Waals surface area (Å²) < 4.78 is 6.99. The fourth-order valence-corrected chi connectivity index (χ4v) is 1.54. The van der Waals surface area contributed by atoms with Crippen LogP contribution in [-0.2, 0) is 7.05 Å². The SMILES string of the molecule is COc1c(N)cccc1-c1nc(C)n(C)n1.Cl. The lowest BCUT2D eigenvalue weighted by Gasteiger charge is -2.07. The number of nitrogens with zero attached hydrogens (tertiary/aromatic N) is 3. The number of benzene rings is 1. The van der Waals surface area contributed by atoms with Crippen LogP contribution in [0.4, 0.5) is 5.69 Å². The monoisotopic (exact) mass is 254 g/mol. The molecule has 0 aliphatic carbocycles. The molecule has 2 rings (SSSR count). The highest BCUT2D eigenvalue weighted by atomic mass is 35.5. The van der Waals surface area contributed by atoms with E-state index in [1.165, 1.54) is 0 Å². The Bertz CT molecular complexity index is 505. The normalized spacial score (nSPS) is 9.82. The van der Waals surface area contributed by atoms with Crippen molar-refractivity contribution in [2.24, 2.45) is 7.05 Å². The molecule has 0 bridgehead atoms. The van der Waals surface area contributed by atoms with Crippen molar-refractivity contribution >= 4 is 18.1 Å². The first-order chi connectivity index (χ1) is 7.63. The highest BCUT2D eigenvalue weighted by Gasteiger charge is 2.13. The molecule has 17 heavy (non-hydrogen) atoms. The van der Waals surface area contributed by atoms with Crippen molar-refractivity contribution in [1.82, 2.24) is 14.8 Å².